The molecule has 0 saturated heterocycles. The largest absolute Gasteiger partial charge is 0.494 e. The molecule has 4 aromatic carbocycles. The van der Waals surface area contributed by atoms with Gasteiger partial charge in [-0.15, -0.1) is 4.40 Å². The van der Waals surface area contributed by atoms with Gasteiger partial charge in [0.1, 0.15) is 16.3 Å². The smallest absolute Gasteiger partial charge is 0.337 e. The molecule has 0 atom stereocenters. The van der Waals surface area contributed by atoms with Crippen molar-refractivity contribution >= 4 is 67.8 Å². The summed E-state index contributed by atoms with van der Waals surface area (Å²) in [7, 11) is -1.55. The summed E-state index contributed by atoms with van der Waals surface area (Å²) in [5.74, 6) is -1.34. The Morgan fingerprint density at radius 1 is 0.938 bits per heavy atom. The minimum Gasteiger partial charge on any atom is -0.494 e. The standard InChI is InChI=1S/C35H34ClN5O6S/c1-5-40(6-2)25-17-19-27(30(21-25)46-3)37-32(34(42)38-28-20-24(35(43)47-4)16-18-26(28)36)33-39-48(44,45)31-15-11-10-14-29(31)41(33)22-23-12-8-7-9-13-23/h7-21H,5-6,22H2,1-4H3,(H,38,42). The Morgan fingerprint density at radius 2 is 1.65 bits per heavy atom. The Morgan fingerprint density at radius 3 is 2.33 bits per heavy atom. The van der Waals surface area contributed by atoms with E-state index in [0.29, 0.717) is 11.4 Å². The maximum absolute atomic E-state index is 14.3. The summed E-state index contributed by atoms with van der Waals surface area (Å²) in [6, 6.07) is 25.4. The summed E-state index contributed by atoms with van der Waals surface area (Å²) in [6.07, 6.45) is 0. The van der Waals surface area contributed by atoms with Crippen LogP contribution in [-0.2, 0) is 26.1 Å². The van der Waals surface area contributed by atoms with Crippen molar-refractivity contribution in [3.63, 3.8) is 0 Å². The number of anilines is 3. The number of fused-ring (bicyclic) bond motifs is 1. The van der Waals surface area contributed by atoms with Crippen LogP contribution in [0.25, 0.3) is 0 Å². The number of halogens is 1. The Balaban J connectivity index is 1.72. The number of methoxy groups -OCH3 is 2. The lowest BCUT2D eigenvalue weighted by atomic mass is 10.1. The number of aliphatic imine (C=N–C) groups is 1. The second-order valence-electron chi connectivity index (χ2n) is 10.6. The van der Waals surface area contributed by atoms with Gasteiger partial charge in [-0.25, -0.2) is 9.79 Å². The van der Waals surface area contributed by atoms with Crippen molar-refractivity contribution in [2.75, 3.05) is 42.4 Å². The molecule has 0 saturated carbocycles. The van der Waals surface area contributed by atoms with E-state index < -0.39 is 21.9 Å². The van der Waals surface area contributed by atoms with Crippen LogP contribution in [0.4, 0.5) is 22.7 Å². The number of hydrogen-bond acceptors (Lipinski definition) is 9. The zero-order valence-corrected chi connectivity index (χ0v) is 28.4. The highest BCUT2D eigenvalue weighted by Crippen LogP contribution is 2.36. The van der Waals surface area contributed by atoms with Gasteiger partial charge < -0.3 is 24.6 Å². The number of carbonyl (C=O) groups is 2. The molecule has 248 valence electrons. The summed E-state index contributed by atoms with van der Waals surface area (Å²) < 4.78 is 42.0. The number of esters is 1. The van der Waals surface area contributed by atoms with Crippen molar-refractivity contribution in [2.45, 2.75) is 25.3 Å². The molecule has 13 heteroatoms. The number of benzene rings is 4. The topological polar surface area (TPSA) is 130 Å². The van der Waals surface area contributed by atoms with Gasteiger partial charge >= 0.3 is 5.97 Å². The normalized spacial score (nSPS) is 13.6. The van der Waals surface area contributed by atoms with E-state index in [1.165, 1.54) is 38.5 Å². The molecule has 1 aliphatic rings. The van der Waals surface area contributed by atoms with Gasteiger partial charge in [-0.2, -0.15) is 8.42 Å². The van der Waals surface area contributed by atoms with Crippen molar-refractivity contribution in [1.82, 2.24) is 0 Å². The van der Waals surface area contributed by atoms with Crippen molar-refractivity contribution < 1.29 is 27.5 Å². The average Bonchev–Trinajstić information content (AvgIpc) is 3.10. The molecule has 0 radical (unpaired) electrons. The van der Waals surface area contributed by atoms with Crippen LogP contribution < -0.4 is 19.9 Å². The van der Waals surface area contributed by atoms with E-state index in [0.717, 1.165) is 24.3 Å². The fraction of sp³-hybridized carbons (Fsp3) is 0.200. The molecule has 0 aromatic heterocycles. The second kappa shape index (κ2) is 14.7. The molecular weight excluding hydrogens is 654 g/mol. The fourth-order valence-electron chi connectivity index (χ4n) is 5.24. The molecule has 1 heterocycles. The molecule has 0 aliphatic carbocycles. The number of amides is 1. The molecule has 0 spiro atoms. The van der Waals surface area contributed by atoms with Gasteiger partial charge in [-0.1, -0.05) is 54.1 Å². The number of amidine groups is 1. The Kier molecular flexibility index (Phi) is 10.5. The summed E-state index contributed by atoms with van der Waals surface area (Å²) >= 11 is 6.44. The van der Waals surface area contributed by atoms with E-state index in [4.69, 9.17) is 26.1 Å². The van der Waals surface area contributed by atoms with Crippen LogP contribution in [0.5, 0.6) is 5.75 Å². The SMILES string of the molecule is CCN(CC)c1ccc(N=C(C(=O)Nc2cc(C(=O)OC)ccc2Cl)C2=NS(=O)(=O)c3ccccc3N2Cc2ccccc2)c(OC)c1. The lowest BCUT2D eigenvalue weighted by Gasteiger charge is -2.31. The Labute approximate surface area is 284 Å². The number of carbonyl (C=O) groups excluding carboxylic acids is 2. The van der Waals surface area contributed by atoms with Gasteiger partial charge in [0.15, 0.2) is 11.5 Å². The molecule has 0 bridgehead atoms. The number of nitrogens with zero attached hydrogens (tertiary/aromatic N) is 4. The third kappa shape index (κ3) is 7.19. The number of nitrogens with one attached hydrogen (secondary N) is 1. The predicted octanol–water partition coefficient (Wildman–Crippen LogP) is 6.50. The van der Waals surface area contributed by atoms with E-state index in [9.17, 15) is 18.0 Å². The summed E-state index contributed by atoms with van der Waals surface area (Å²) in [5.41, 5.74) is 2.17. The highest BCUT2D eigenvalue weighted by molar-refractivity contribution is 7.90. The Hall–Kier alpha value is -5.20. The molecule has 1 amide bonds. The maximum atomic E-state index is 14.3. The van der Waals surface area contributed by atoms with Crippen LogP contribution in [-0.4, -0.2) is 59.2 Å². The van der Waals surface area contributed by atoms with E-state index in [-0.39, 0.29) is 44.9 Å². The van der Waals surface area contributed by atoms with Crippen LogP contribution in [0.15, 0.2) is 105 Å². The number of rotatable bonds is 11. The van der Waals surface area contributed by atoms with E-state index in [1.807, 2.05) is 50.2 Å². The van der Waals surface area contributed by atoms with E-state index in [1.54, 1.807) is 35.2 Å². The van der Waals surface area contributed by atoms with Gasteiger partial charge in [0, 0.05) is 31.4 Å². The molecule has 1 N–H and O–H groups in total. The van der Waals surface area contributed by atoms with Crippen LogP contribution in [0.2, 0.25) is 5.02 Å². The predicted molar refractivity (Wildman–Crippen MR) is 189 cm³/mol. The molecule has 11 nitrogen and oxygen atoms in total. The maximum Gasteiger partial charge on any atom is 0.337 e. The average molecular weight is 688 g/mol. The van der Waals surface area contributed by atoms with Crippen molar-refractivity contribution in [3.8, 4) is 5.75 Å². The molecule has 48 heavy (non-hydrogen) atoms. The highest BCUT2D eigenvalue weighted by Gasteiger charge is 2.36. The zero-order chi connectivity index (χ0) is 34.4. The van der Waals surface area contributed by atoms with Gasteiger partial charge in [0.25, 0.3) is 15.9 Å². The first-order chi connectivity index (χ1) is 23.1. The van der Waals surface area contributed by atoms with E-state index >= 15 is 0 Å². The zero-order valence-electron chi connectivity index (χ0n) is 26.8. The minimum atomic E-state index is -4.27. The number of hydrogen-bond donors (Lipinski definition) is 1. The van der Waals surface area contributed by atoms with Gasteiger partial charge in [-0.3, -0.25) is 4.79 Å². The number of sulfonamides is 1. The third-order valence-electron chi connectivity index (χ3n) is 7.67. The molecular formula is C35H34ClN5O6S. The summed E-state index contributed by atoms with van der Waals surface area (Å²) in [5, 5.41) is 2.83. The quantitative estimate of drug-likeness (QED) is 0.140. The van der Waals surface area contributed by atoms with Crippen LogP contribution in [0, 0.1) is 0 Å². The molecule has 1 aliphatic heterocycles. The van der Waals surface area contributed by atoms with Gasteiger partial charge in [-0.05, 0) is 61.9 Å². The monoisotopic (exact) mass is 687 g/mol. The molecule has 4 aromatic rings. The van der Waals surface area contributed by atoms with Crippen LogP contribution in [0.1, 0.15) is 29.8 Å². The van der Waals surface area contributed by atoms with Crippen molar-refractivity contribution in [3.05, 3.63) is 107 Å². The summed E-state index contributed by atoms with van der Waals surface area (Å²) in [6.45, 7) is 5.74. The van der Waals surface area contributed by atoms with Crippen LogP contribution >= 0.6 is 11.6 Å². The van der Waals surface area contributed by atoms with Crippen molar-refractivity contribution in [2.24, 2.45) is 9.39 Å². The van der Waals surface area contributed by atoms with Gasteiger partial charge in [0.05, 0.1) is 36.2 Å². The molecule has 5 rings (SSSR count). The fourth-order valence-corrected chi connectivity index (χ4v) is 6.60. The first kappa shape index (κ1) is 34.1. The van der Waals surface area contributed by atoms with E-state index in [2.05, 4.69) is 14.6 Å². The summed E-state index contributed by atoms with van der Waals surface area (Å²) in [4.78, 5) is 35.1. The minimum absolute atomic E-state index is 0.0144. The first-order valence-electron chi connectivity index (χ1n) is 15.1. The number of ether oxygens (including phenoxy) is 2. The number of para-hydroxylation sites is 1. The van der Waals surface area contributed by atoms with Crippen LogP contribution in [0.3, 0.4) is 0 Å². The lowest BCUT2D eigenvalue weighted by Crippen LogP contribution is -2.45. The second-order valence-corrected chi connectivity index (χ2v) is 12.5. The lowest BCUT2D eigenvalue weighted by molar-refractivity contribution is -0.110. The highest BCUT2D eigenvalue weighted by atomic mass is 35.5. The first-order valence-corrected chi connectivity index (χ1v) is 16.9. The van der Waals surface area contributed by atoms with Gasteiger partial charge in [0.2, 0.25) is 0 Å². The van der Waals surface area contributed by atoms with Crippen molar-refractivity contribution in [1.29, 1.82) is 0 Å². The molecule has 0 unspecified atom stereocenters. The molecule has 0 fully saturated rings. The Bertz CT molecular complexity index is 2010. The third-order valence-corrected chi connectivity index (χ3v) is 9.31.